The minimum Gasteiger partial charge on any atom is -0.444 e. The van der Waals surface area contributed by atoms with Gasteiger partial charge in [-0.25, -0.2) is 4.79 Å². The fraction of sp³-hybridized carbons (Fsp3) is 0.826. The number of hydrogen-bond acceptors (Lipinski definition) is 5. The molecule has 11 heteroatoms. The van der Waals surface area contributed by atoms with Crippen LogP contribution in [0.15, 0.2) is 0 Å². The van der Waals surface area contributed by atoms with Crippen molar-refractivity contribution >= 4 is 18.7 Å². The van der Waals surface area contributed by atoms with Gasteiger partial charge in [-0.15, -0.1) is 0 Å². The van der Waals surface area contributed by atoms with Crippen molar-refractivity contribution in [2.45, 2.75) is 103 Å². The Balaban J connectivity index is 1.59. The molecule has 1 aliphatic carbocycles. The van der Waals surface area contributed by atoms with Gasteiger partial charge in [-0.1, -0.05) is 0 Å². The van der Waals surface area contributed by atoms with Gasteiger partial charge in [0.25, 0.3) is 0 Å². The van der Waals surface area contributed by atoms with Crippen LogP contribution in [0.2, 0.25) is 0 Å². The molecule has 1 unspecified atom stereocenters. The van der Waals surface area contributed by atoms with Crippen molar-refractivity contribution in [2.24, 2.45) is 5.92 Å². The normalized spacial score (nSPS) is 26.3. The number of halogens is 3. The number of carbonyl (C=O) groups is 1. The molecule has 1 amide bonds. The second-order valence-electron chi connectivity index (χ2n) is 11.4. The zero-order chi connectivity index (χ0) is 25.3. The van der Waals surface area contributed by atoms with E-state index in [-0.39, 0.29) is 17.1 Å². The van der Waals surface area contributed by atoms with E-state index in [0.29, 0.717) is 25.9 Å². The third-order valence-corrected chi connectivity index (χ3v) is 7.40. The lowest BCUT2D eigenvalue weighted by molar-refractivity contribution is -0.144. The van der Waals surface area contributed by atoms with E-state index in [2.05, 4.69) is 5.10 Å². The molecule has 1 saturated carbocycles. The maximum atomic E-state index is 14.4. The molecule has 3 heterocycles. The molecule has 0 aromatic carbocycles. The van der Waals surface area contributed by atoms with Crippen molar-refractivity contribution in [1.29, 1.82) is 0 Å². The molecule has 7 nitrogen and oxygen atoms in total. The number of ether oxygens (including phenoxy) is 1. The highest BCUT2D eigenvalue weighted by Crippen LogP contribution is 2.52. The molecular weight excluding hydrogens is 450 g/mol. The van der Waals surface area contributed by atoms with Gasteiger partial charge in [0, 0.05) is 18.6 Å². The molecule has 0 N–H and O–H groups in total. The summed E-state index contributed by atoms with van der Waals surface area (Å²) in [4.78, 5) is 13.9. The van der Waals surface area contributed by atoms with Crippen LogP contribution in [-0.4, -0.2) is 57.8 Å². The van der Waals surface area contributed by atoms with Crippen molar-refractivity contribution in [3.8, 4) is 0 Å². The first kappa shape index (κ1) is 25.4. The van der Waals surface area contributed by atoms with E-state index in [1.54, 1.807) is 32.6 Å². The third-order valence-electron chi connectivity index (χ3n) is 7.40. The average molecular weight is 485 g/mol. The first-order valence-electron chi connectivity index (χ1n) is 12.0. The first-order chi connectivity index (χ1) is 15.5. The maximum absolute atomic E-state index is 14.4. The van der Waals surface area contributed by atoms with Gasteiger partial charge in [-0.05, 0) is 80.1 Å². The summed E-state index contributed by atoms with van der Waals surface area (Å²) in [6.07, 6.45) is -2.42. The summed E-state index contributed by atoms with van der Waals surface area (Å²) in [6.45, 7) is 13.2. The molecule has 3 fully saturated rings. The third kappa shape index (κ3) is 4.57. The van der Waals surface area contributed by atoms with Gasteiger partial charge in [-0.3, -0.25) is 4.68 Å². The summed E-state index contributed by atoms with van der Waals surface area (Å²) >= 11 is 0. The summed E-state index contributed by atoms with van der Waals surface area (Å²) < 4.78 is 62.1. The van der Waals surface area contributed by atoms with Crippen LogP contribution in [0.5, 0.6) is 0 Å². The van der Waals surface area contributed by atoms with Gasteiger partial charge in [0.2, 0.25) is 0 Å². The van der Waals surface area contributed by atoms with Crippen LogP contribution < -0.4 is 5.46 Å². The highest BCUT2D eigenvalue weighted by atomic mass is 19.4. The molecule has 4 rings (SSSR count). The largest absolute Gasteiger partial charge is 0.499 e. The Kier molecular flexibility index (Phi) is 6.08. The topological polar surface area (TPSA) is 65.8 Å². The van der Waals surface area contributed by atoms with Crippen molar-refractivity contribution < 1.29 is 32.0 Å². The fourth-order valence-corrected chi connectivity index (χ4v) is 5.12. The molecule has 0 radical (unpaired) electrons. The summed E-state index contributed by atoms with van der Waals surface area (Å²) in [6, 6.07) is -0.494. The Morgan fingerprint density at radius 1 is 1.09 bits per heavy atom. The predicted molar refractivity (Wildman–Crippen MR) is 121 cm³/mol. The lowest BCUT2D eigenvalue weighted by Crippen LogP contribution is -2.46. The number of alkyl halides is 3. The van der Waals surface area contributed by atoms with E-state index >= 15 is 0 Å². The first-order valence-corrected chi connectivity index (χ1v) is 12.0. The van der Waals surface area contributed by atoms with Crippen LogP contribution in [0.25, 0.3) is 0 Å². The summed E-state index contributed by atoms with van der Waals surface area (Å²) in [5, 5.41) is 4.33. The van der Waals surface area contributed by atoms with Gasteiger partial charge < -0.3 is 18.9 Å². The van der Waals surface area contributed by atoms with Crippen molar-refractivity contribution in [3.05, 3.63) is 11.4 Å². The van der Waals surface area contributed by atoms with Gasteiger partial charge >= 0.3 is 19.4 Å². The lowest BCUT2D eigenvalue weighted by atomic mass is 9.76. The minimum atomic E-state index is -4.63. The summed E-state index contributed by atoms with van der Waals surface area (Å²) in [5.74, 6) is 0.273. The number of aryl methyl sites for hydroxylation is 1. The molecular formula is C23H35BF3N3O4. The molecule has 2 saturated heterocycles. The lowest BCUT2D eigenvalue weighted by Gasteiger charge is -2.36. The molecule has 2 aliphatic heterocycles. The van der Waals surface area contributed by atoms with Crippen molar-refractivity contribution in [3.63, 3.8) is 0 Å². The Labute approximate surface area is 199 Å². The Bertz CT molecular complexity index is 946. The summed E-state index contributed by atoms with van der Waals surface area (Å²) in [7, 11) is -1.13. The quantitative estimate of drug-likeness (QED) is 0.592. The molecule has 3 aliphatic rings. The fourth-order valence-electron chi connectivity index (χ4n) is 5.12. The van der Waals surface area contributed by atoms with Crippen LogP contribution in [0, 0.1) is 12.8 Å². The minimum absolute atomic E-state index is 0.0421. The molecule has 1 atom stereocenters. The number of hydrogen-bond donors (Lipinski definition) is 0. The zero-order valence-electron chi connectivity index (χ0n) is 21.1. The van der Waals surface area contributed by atoms with Crippen LogP contribution >= 0.6 is 0 Å². The SMILES string of the molecule is Cc1nn(C2CCN(C(=O)OC(C)(C)C)CC2)c(C(F)(F)F)c1B1OC(C)(C)C(C)(C2CC2)O1. The van der Waals surface area contributed by atoms with Crippen LogP contribution in [0.4, 0.5) is 18.0 Å². The highest BCUT2D eigenvalue weighted by Gasteiger charge is 2.62. The Morgan fingerprint density at radius 2 is 1.68 bits per heavy atom. The van der Waals surface area contributed by atoms with Gasteiger partial charge in [0.05, 0.1) is 22.9 Å². The van der Waals surface area contributed by atoms with Crippen LogP contribution in [0.1, 0.15) is 84.7 Å². The maximum Gasteiger partial charge on any atom is 0.499 e. The molecule has 0 bridgehead atoms. The smallest absolute Gasteiger partial charge is 0.444 e. The number of likely N-dealkylation sites (tertiary alicyclic amines) is 1. The standard InChI is InChI=1S/C23H35BF3N3O4/c1-14-17(24-33-21(5,6)22(7,34-24)15-8-9-15)18(23(25,26)27)30(28-14)16-10-12-29(13-11-16)19(31)32-20(2,3)4/h15-16H,8-13H2,1-7H3. The van der Waals surface area contributed by atoms with E-state index in [0.717, 1.165) is 17.5 Å². The van der Waals surface area contributed by atoms with Crippen molar-refractivity contribution in [1.82, 2.24) is 14.7 Å². The number of piperidine rings is 1. The Hall–Kier alpha value is -1.75. The average Bonchev–Trinajstić information content (AvgIpc) is 3.43. The van der Waals surface area contributed by atoms with Gasteiger partial charge in [0.1, 0.15) is 11.3 Å². The van der Waals surface area contributed by atoms with Crippen LogP contribution in [0.3, 0.4) is 0 Å². The summed E-state index contributed by atoms with van der Waals surface area (Å²) in [5.41, 5.74) is -2.62. The molecule has 34 heavy (non-hydrogen) atoms. The number of carbonyl (C=O) groups excluding carboxylic acids is 1. The second-order valence-corrected chi connectivity index (χ2v) is 11.4. The van der Waals surface area contributed by atoms with Crippen LogP contribution in [-0.2, 0) is 20.2 Å². The highest BCUT2D eigenvalue weighted by molar-refractivity contribution is 6.63. The monoisotopic (exact) mass is 485 g/mol. The van der Waals surface area contributed by atoms with E-state index in [9.17, 15) is 18.0 Å². The number of amides is 1. The Morgan fingerprint density at radius 3 is 2.18 bits per heavy atom. The predicted octanol–water partition coefficient (Wildman–Crippen LogP) is 4.47. The van der Waals surface area contributed by atoms with E-state index in [1.165, 1.54) is 0 Å². The second kappa shape index (κ2) is 8.15. The molecule has 0 spiro atoms. The van der Waals surface area contributed by atoms with E-state index < -0.39 is 47.9 Å². The van der Waals surface area contributed by atoms with E-state index in [1.807, 2.05) is 20.8 Å². The number of aromatic nitrogens is 2. The van der Waals surface area contributed by atoms with Gasteiger partial charge in [0.15, 0.2) is 0 Å². The van der Waals surface area contributed by atoms with Gasteiger partial charge in [-0.2, -0.15) is 18.3 Å². The number of rotatable bonds is 3. The zero-order valence-corrected chi connectivity index (χ0v) is 21.1. The number of nitrogens with zero attached hydrogens (tertiary/aromatic N) is 3. The molecule has 190 valence electrons. The van der Waals surface area contributed by atoms with Crippen molar-refractivity contribution in [2.75, 3.05) is 13.1 Å². The van der Waals surface area contributed by atoms with E-state index in [4.69, 9.17) is 14.0 Å². The molecule has 1 aromatic heterocycles. The molecule has 1 aromatic rings.